The van der Waals surface area contributed by atoms with E-state index in [2.05, 4.69) is 0 Å². The lowest BCUT2D eigenvalue weighted by Gasteiger charge is -2.03. The van der Waals surface area contributed by atoms with Gasteiger partial charge in [-0.15, -0.1) is 24.0 Å². The van der Waals surface area contributed by atoms with Crippen molar-refractivity contribution in [3.8, 4) is 0 Å². The quantitative estimate of drug-likeness (QED) is 0.520. The molecule has 1 atom stereocenters. The summed E-state index contributed by atoms with van der Waals surface area (Å²) in [6.45, 7) is 0. The third-order valence-electron chi connectivity index (χ3n) is 1.22. The van der Waals surface area contributed by atoms with Crippen molar-refractivity contribution >= 4 is 30.0 Å². The average molecular weight is 202 g/mol. The molecule has 3 N–H and O–H groups in total. The van der Waals surface area contributed by atoms with Crippen LogP contribution in [-0.4, -0.2) is 23.0 Å². The van der Waals surface area contributed by atoms with Crippen LogP contribution in [0.25, 0.3) is 0 Å². The first-order chi connectivity index (χ1) is 4.68. The summed E-state index contributed by atoms with van der Waals surface area (Å²) in [6, 6.07) is -0.719. The van der Waals surface area contributed by atoms with E-state index in [9.17, 15) is 4.79 Å². The number of halogens is 2. The van der Waals surface area contributed by atoms with Crippen LogP contribution in [-0.2, 0) is 4.79 Å². The minimum Gasteiger partial charge on any atom is -0.480 e. The van der Waals surface area contributed by atoms with Crippen molar-refractivity contribution in [3.63, 3.8) is 0 Å². The molecule has 5 heteroatoms. The van der Waals surface area contributed by atoms with Crippen LogP contribution in [0.3, 0.4) is 0 Å². The van der Waals surface area contributed by atoms with Gasteiger partial charge < -0.3 is 10.8 Å². The summed E-state index contributed by atoms with van der Waals surface area (Å²) >= 11 is 5.38. The number of rotatable bonds is 5. The number of carboxylic acid groups (broad SMARTS) is 1. The molecule has 0 fully saturated rings. The Morgan fingerprint density at radius 3 is 2.45 bits per heavy atom. The fourth-order valence-corrected chi connectivity index (χ4v) is 0.771. The minimum atomic E-state index is -0.936. The van der Waals surface area contributed by atoms with Crippen molar-refractivity contribution < 1.29 is 9.90 Å². The van der Waals surface area contributed by atoms with Crippen LogP contribution in [0, 0.1) is 0 Å². The predicted octanol–water partition coefficient (Wildman–Crippen LogP) is 1.23. The number of unbranched alkanes of at least 4 members (excludes halogenated alkanes) is 1. The zero-order valence-electron chi connectivity index (χ0n) is 6.12. The highest BCUT2D eigenvalue weighted by Crippen LogP contribution is 1.99. The molecule has 0 saturated carbocycles. The van der Waals surface area contributed by atoms with Crippen LogP contribution in [0.4, 0.5) is 0 Å². The molecule has 0 heterocycles. The smallest absolute Gasteiger partial charge is 0.320 e. The van der Waals surface area contributed by atoms with Gasteiger partial charge in [-0.2, -0.15) is 0 Å². The fraction of sp³-hybridized carbons (Fsp3) is 0.833. The first kappa shape index (κ1) is 13.6. The third-order valence-corrected chi connectivity index (χ3v) is 1.48. The highest BCUT2D eigenvalue weighted by atomic mass is 35.5. The summed E-state index contributed by atoms with van der Waals surface area (Å²) in [5.74, 6) is -0.360. The fourth-order valence-electron chi connectivity index (χ4n) is 0.582. The number of hydrogen-bond donors (Lipinski definition) is 2. The Morgan fingerprint density at radius 2 is 2.09 bits per heavy atom. The molecule has 1 unspecified atom stereocenters. The van der Waals surface area contributed by atoms with Gasteiger partial charge in [0.1, 0.15) is 6.04 Å². The maximum Gasteiger partial charge on any atom is 0.320 e. The standard InChI is InChI=1S/C6H12ClNO2.ClH/c7-4-2-1-3-5(8)6(9)10;/h5H,1-4,8H2,(H,9,10);1H. The van der Waals surface area contributed by atoms with E-state index >= 15 is 0 Å². The highest BCUT2D eigenvalue weighted by molar-refractivity contribution is 6.17. The zero-order valence-corrected chi connectivity index (χ0v) is 7.70. The van der Waals surface area contributed by atoms with Crippen molar-refractivity contribution in [3.05, 3.63) is 0 Å². The lowest BCUT2D eigenvalue weighted by molar-refractivity contribution is -0.138. The van der Waals surface area contributed by atoms with Crippen molar-refractivity contribution in [1.29, 1.82) is 0 Å². The SMILES string of the molecule is Cl.NC(CCCCCl)C(=O)O. The molecule has 0 aromatic carbocycles. The Labute approximate surface area is 77.3 Å². The number of carbonyl (C=O) groups is 1. The molecular formula is C6H13Cl2NO2. The molecule has 0 amide bonds. The van der Waals surface area contributed by atoms with Crippen LogP contribution in [0.2, 0.25) is 0 Å². The largest absolute Gasteiger partial charge is 0.480 e. The van der Waals surface area contributed by atoms with Gasteiger partial charge in [0.15, 0.2) is 0 Å². The van der Waals surface area contributed by atoms with E-state index in [-0.39, 0.29) is 12.4 Å². The van der Waals surface area contributed by atoms with E-state index in [1.807, 2.05) is 0 Å². The lowest BCUT2D eigenvalue weighted by Crippen LogP contribution is -2.29. The molecule has 0 aliphatic heterocycles. The Bertz CT molecular complexity index is 111. The molecule has 0 aromatic rings. The van der Waals surface area contributed by atoms with Gasteiger partial charge in [0, 0.05) is 5.88 Å². The van der Waals surface area contributed by atoms with Gasteiger partial charge >= 0.3 is 5.97 Å². The van der Waals surface area contributed by atoms with Gasteiger partial charge in [0.25, 0.3) is 0 Å². The molecule has 0 aliphatic rings. The number of aliphatic carboxylic acids is 1. The van der Waals surface area contributed by atoms with Crippen molar-refractivity contribution in [1.82, 2.24) is 0 Å². The molecule has 68 valence electrons. The molecule has 3 nitrogen and oxygen atoms in total. The summed E-state index contributed by atoms with van der Waals surface area (Å²) in [6.07, 6.45) is 2.14. The predicted molar refractivity (Wildman–Crippen MR) is 47.4 cm³/mol. The number of carboxylic acids is 1. The van der Waals surface area contributed by atoms with E-state index in [0.29, 0.717) is 12.3 Å². The molecule has 0 radical (unpaired) electrons. The van der Waals surface area contributed by atoms with Crippen LogP contribution in [0.1, 0.15) is 19.3 Å². The Hall–Kier alpha value is 0.01000. The lowest BCUT2D eigenvalue weighted by atomic mass is 10.1. The summed E-state index contributed by atoms with van der Waals surface area (Å²) in [5.41, 5.74) is 5.21. The van der Waals surface area contributed by atoms with Crippen molar-refractivity contribution in [2.75, 3.05) is 5.88 Å². The summed E-state index contributed by atoms with van der Waals surface area (Å²) in [5, 5.41) is 8.32. The first-order valence-corrected chi connectivity index (χ1v) is 3.76. The van der Waals surface area contributed by atoms with Gasteiger partial charge in [-0.25, -0.2) is 0 Å². The summed E-state index contributed by atoms with van der Waals surface area (Å²) in [7, 11) is 0. The van der Waals surface area contributed by atoms with Gasteiger partial charge in [-0.3, -0.25) is 4.79 Å². The van der Waals surface area contributed by atoms with Gasteiger partial charge in [-0.1, -0.05) is 6.42 Å². The summed E-state index contributed by atoms with van der Waals surface area (Å²) in [4.78, 5) is 10.1. The third kappa shape index (κ3) is 7.91. The maximum absolute atomic E-state index is 10.1. The Morgan fingerprint density at radius 1 is 1.55 bits per heavy atom. The zero-order chi connectivity index (χ0) is 7.98. The second-order valence-corrected chi connectivity index (χ2v) is 2.51. The van der Waals surface area contributed by atoms with Crippen molar-refractivity contribution in [2.45, 2.75) is 25.3 Å². The van der Waals surface area contributed by atoms with E-state index in [4.69, 9.17) is 22.4 Å². The van der Waals surface area contributed by atoms with Crippen LogP contribution in [0.5, 0.6) is 0 Å². The first-order valence-electron chi connectivity index (χ1n) is 3.23. The molecule has 0 aromatic heterocycles. The van der Waals surface area contributed by atoms with Crippen LogP contribution in [0.15, 0.2) is 0 Å². The number of alkyl halides is 1. The van der Waals surface area contributed by atoms with Crippen LogP contribution >= 0.6 is 24.0 Å². The number of hydrogen-bond acceptors (Lipinski definition) is 2. The molecule has 0 rings (SSSR count). The van der Waals surface area contributed by atoms with E-state index in [1.165, 1.54) is 0 Å². The maximum atomic E-state index is 10.1. The van der Waals surface area contributed by atoms with Gasteiger partial charge in [-0.05, 0) is 12.8 Å². The van der Waals surface area contributed by atoms with Gasteiger partial charge in [0.05, 0.1) is 0 Å². The molecular weight excluding hydrogens is 189 g/mol. The normalized spacial score (nSPS) is 11.8. The molecule has 0 aliphatic carbocycles. The molecule has 0 bridgehead atoms. The molecule has 11 heavy (non-hydrogen) atoms. The molecule has 0 spiro atoms. The Kier molecular flexibility index (Phi) is 10.0. The number of nitrogens with two attached hydrogens (primary N) is 1. The van der Waals surface area contributed by atoms with Crippen molar-refractivity contribution in [2.24, 2.45) is 5.73 Å². The highest BCUT2D eigenvalue weighted by Gasteiger charge is 2.09. The van der Waals surface area contributed by atoms with E-state index in [0.717, 1.165) is 12.8 Å². The van der Waals surface area contributed by atoms with Gasteiger partial charge in [0.2, 0.25) is 0 Å². The van der Waals surface area contributed by atoms with E-state index in [1.54, 1.807) is 0 Å². The summed E-state index contributed by atoms with van der Waals surface area (Å²) < 4.78 is 0. The molecule has 0 saturated heterocycles. The van der Waals surface area contributed by atoms with E-state index < -0.39 is 12.0 Å². The second-order valence-electron chi connectivity index (χ2n) is 2.13. The average Bonchev–Trinajstić information content (AvgIpc) is 1.88. The second kappa shape index (κ2) is 8.11. The monoisotopic (exact) mass is 201 g/mol. The van der Waals surface area contributed by atoms with Crippen LogP contribution < -0.4 is 5.73 Å². The minimum absolute atomic E-state index is 0. The Balaban J connectivity index is 0. The topological polar surface area (TPSA) is 63.3 Å².